The fourth-order valence-electron chi connectivity index (χ4n) is 2.12. The van der Waals surface area contributed by atoms with Crippen molar-refractivity contribution in [2.75, 3.05) is 19.0 Å². The van der Waals surface area contributed by atoms with Crippen LogP contribution in [0.1, 0.15) is 5.56 Å². The van der Waals surface area contributed by atoms with Crippen LogP contribution in [-0.2, 0) is 9.59 Å². The quantitative estimate of drug-likeness (QED) is 0.594. The number of benzene rings is 2. The fraction of sp³-hybridized carbons (Fsp3) is 0.158. The van der Waals surface area contributed by atoms with E-state index in [0.717, 1.165) is 4.47 Å². The molecule has 0 saturated carbocycles. The minimum atomic E-state index is -2.97. The first-order chi connectivity index (χ1) is 13.4. The minimum absolute atomic E-state index is 0.108. The maximum absolute atomic E-state index is 12.3. The highest BCUT2D eigenvalue weighted by Gasteiger charge is 2.10. The summed E-state index contributed by atoms with van der Waals surface area (Å²) < 4.78 is 34.8. The second-order valence-corrected chi connectivity index (χ2v) is 6.31. The molecule has 0 fully saturated rings. The number of halogens is 3. The molecule has 0 aliphatic rings. The molecule has 0 saturated heterocycles. The molecule has 6 nitrogen and oxygen atoms in total. The molecule has 0 radical (unpaired) electrons. The van der Waals surface area contributed by atoms with Gasteiger partial charge in [0.2, 0.25) is 11.8 Å². The van der Waals surface area contributed by atoms with Crippen molar-refractivity contribution in [1.29, 1.82) is 0 Å². The molecular formula is C19H17BrF2N2O4. The number of methoxy groups -OCH3 is 1. The van der Waals surface area contributed by atoms with Crippen LogP contribution in [0, 0.1) is 0 Å². The third-order valence-electron chi connectivity index (χ3n) is 3.38. The molecule has 9 heteroatoms. The summed E-state index contributed by atoms with van der Waals surface area (Å²) in [4.78, 5) is 23.7. The Kier molecular flexibility index (Phi) is 7.94. The molecule has 2 aromatic carbocycles. The van der Waals surface area contributed by atoms with Gasteiger partial charge >= 0.3 is 6.61 Å². The van der Waals surface area contributed by atoms with E-state index in [0.29, 0.717) is 11.3 Å². The van der Waals surface area contributed by atoms with Crippen molar-refractivity contribution >= 4 is 39.5 Å². The van der Waals surface area contributed by atoms with Gasteiger partial charge in [0.25, 0.3) is 0 Å². The largest absolute Gasteiger partial charge is 0.493 e. The van der Waals surface area contributed by atoms with Crippen molar-refractivity contribution in [1.82, 2.24) is 5.32 Å². The topological polar surface area (TPSA) is 76.7 Å². The van der Waals surface area contributed by atoms with E-state index in [1.54, 1.807) is 24.3 Å². The van der Waals surface area contributed by atoms with Gasteiger partial charge in [-0.15, -0.1) is 0 Å². The van der Waals surface area contributed by atoms with Crippen LogP contribution < -0.4 is 20.1 Å². The highest BCUT2D eigenvalue weighted by atomic mass is 79.9. The van der Waals surface area contributed by atoms with Crippen LogP contribution in [0.15, 0.2) is 53.0 Å². The first-order valence-electron chi connectivity index (χ1n) is 8.01. The molecule has 0 aliphatic carbocycles. The number of carbonyl (C=O) groups excluding carboxylic acids is 2. The van der Waals surface area contributed by atoms with Gasteiger partial charge in [0.15, 0.2) is 11.5 Å². The first-order valence-corrected chi connectivity index (χ1v) is 8.81. The van der Waals surface area contributed by atoms with E-state index in [4.69, 9.17) is 4.74 Å². The summed E-state index contributed by atoms with van der Waals surface area (Å²) in [6.07, 6.45) is 2.67. The Morgan fingerprint density at radius 2 is 1.86 bits per heavy atom. The average Bonchev–Trinajstić information content (AvgIpc) is 2.67. The third kappa shape index (κ3) is 6.99. The summed E-state index contributed by atoms with van der Waals surface area (Å²) in [6.45, 7) is -3.17. The van der Waals surface area contributed by atoms with Gasteiger partial charge in [-0.25, -0.2) is 0 Å². The average molecular weight is 455 g/mol. The van der Waals surface area contributed by atoms with Crippen molar-refractivity contribution < 1.29 is 27.8 Å². The summed E-state index contributed by atoms with van der Waals surface area (Å²) in [5, 5.41) is 5.09. The van der Waals surface area contributed by atoms with Crippen LogP contribution in [0.4, 0.5) is 14.5 Å². The zero-order valence-corrected chi connectivity index (χ0v) is 16.3. The van der Waals surface area contributed by atoms with Gasteiger partial charge in [-0.1, -0.05) is 22.0 Å². The fourth-order valence-corrected chi connectivity index (χ4v) is 2.38. The number of rotatable bonds is 8. The number of anilines is 1. The molecule has 0 atom stereocenters. The van der Waals surface area contributed by atoms with Crippen LogP contribution >= 0.6 is 15.9 Å². The first kappa shape index (κ1) is 21.4. The zero-order valence-electron chi connectivity index (χ0n) is 14.7. The van der Waals surface area contributed by atoms with Gasteiger partial charge in [0, 0.05) is 16.2 Å². The van der Waals surface area contributed by atoms with Crippen molar-refractivity contribution in [3.05, 3.63) is 58.6 Å². The highest BCUT2D eigenvalue weighted by Crippen LogP contribution is 2.29. The maximum Gasteiger partial charge on any atom is 0.387 e. The second-order valence-electron chi connectivity index (χ2n) is 5.40. The van der Waals surface area contributed by atoms with Crippen molar-refractivity contribution in [2.45, 2.75) is 6.61 Å². The van der Waals surface area contributed by atoms with Crippen molar-refractivity contribution in [2.24, 2.45) is 0 Å². The van der Waals surface area contributed by atoms with E-state index in [1.165, 1.54) is 37.5 Å². The number of hydrogen-bond acceptors (Lipinski definition) is 4. The van der Waals surface area contributed by atoms with E-state index in [2.05, 4.69) is 31.3 Å². The number of nitrogens with one attached hydrogen (secondary N) is 2. The molecule has 0 unspecified atom stereocenters. The molecule has 0 bridgehead atoms. The Labute approximate surface area is 168 Å². The number of ether oxygens (including phenoxy) is 2. The van der Waals surface area contributed by atoms with Crippen LogP contribution in [0.25, 0.3) is 6.08 Å². The molecule has 2 amide bonds. The summed E-state index contributed by atoms with van der Waals surface area (Å²) in [5.41, 5.74) is 1.14. The molecular weight excluding hydrogens is 438 g/mol. The summed E-state index contributed by atoms with van der Waals surface area (Å²) in [6, 6.07) is 11.3. The van der Waals surface area contributed by atoms with Crippen molar-refractivity contribution in [3.8, 4) is 11.5 Å². The Bertz CT molecular complexity index is 858. The Morgan fingerprint density at radius 1 is 1.14 bits per heavy atom. The number of hydrogen-bond donors (Lipinski definition) is 2. The lowest BCUT2D eigenvalue weighted by molar-refractivity contribution is -0.121. The SMILES string of the molecule is COc1cc(/C=C/C(=O)NCC(=O)Nc2ccc(Br)cc2)ccc1OC(F)F. The lowest BCUT2D eigenvalue weighted by atomic mass is 10.2. The van der Waals surface area contributed by atoms with E-state index >= 15 is 0 Å². The van der Waals surface area contributed by atoms with Gasteiger partial charge in [-0.3, -0.25) is 9.59 Å². The molecule has 0 aliphatic heterocycles. The molecule has 2 aromatic rings. The maximum atomic E-state index is 12.3. The number of carbonyl (C=O) groups is 2. The molecule has 2 N–H and O–H groups in total. The minimum Gasteiger partial charge on any atom is -0.493 e. The molecule has 28 heavy (non-hydrogen) atoms. The van der Waals surface area contributed by atoms with Crippen LogP contribution in [0.5, 0.6) is 11.5 Å². The predicted octanol–water partition coefficient (Wildman–Crippen LogP) is 3.83. The van der Waals surface area contributed by atoms with Crippen LogP contribution in [0.2, 0.25) is 0 Å². The zero-order chi connectivity index (χ0) is 20.5. The molecule has 0 heterocycles. The Balaban J connectivity index is 1.87. The van der Waals surface area contributed by atoms with Gasteiger partial charge in [0.1, 0.15) is 0 Å². The monoisotopic (exact) mass is 454 g/mol. The smallest absolute Gasteiger partial charge is 0.387 e. The standard InChI is InChI=1S/C19H17BrF2N2O4/c1-27-16-10-12(2-8-15(16)28-19(21)22)3-9-17(25)23-11-18(26)24-14-6-4-13(20)5-7-14/h2-10,19H,11H2,1H3,(H,23,25)(H,24,26)/b9-3+. The summed E-state index contributed by atoms with van der Waals surface area (Å²) >= 11 is 3.30. The number of alkyl halides is 2. The second kappa shape index (κ2) is 10.4. The Morgan fingerprint density at radius 3 is 2.50 bits per heavy atom. The highest BCUT2D eigenvalue weighted by molar-refractivity contribution is 9.10. The molecule has 0 spiro atoms. The predicted molar refractivity (Wildman–Crippen MR) is 104 cm³/mol. The van der Waals surface area contributed by atoms with E-state index in [9.17, 15) is 18.4 Å². The summed E-state index contributed by atoms with van der Waals surface area (Å²) in [5.74, 6) is -0.863. The third-order valence-corrected chi connectivity index (χ3v) is 3.91. The molecule has 0 aromatic heterocycles. The van der Waals surface area contributed by atoms with Crippen LogP contribution in [0.3, 0.4) is 0 Å². The lowest BCUT2D eigenvalue weighted by Crippen LogP contribution is -2.31. The lowest BCUT2D eigenvalue weighted by Gasteiger charge is -2.10. The van der Waals surface area contributed by atoms with Gasteiger partial charge < -0.3 is 20.1 Å². The normalized spacial score (nSPS) is 10.8. The molecule has 2 rings (SSSR count). The van der Waals surface area contributed by atoms with Gasteiger partial charge in [-0.2, -0.15) is 8.78 Å². The van der Waals surface area contributed by atoms with Crippen LogP contribution in [-0.4, -0.2) is 32.1 Å². The Hall–Kier alpha value is -2.94. The van der Waals surface area contributed by atoms with E-state index < -0.39 is 12.5 Å². The number of amides is 2. The molecule has 148 valence electrons. The summed E-state index contributed by atoms with van der Waals surface area (Å²) in [7, 11) is 1.32. The van der Waals surface area contributed by atoms with E-state index in [-0.39, 0.29) is 24.0 Å². The van der Waals surface area contributed by atoms with E-state index in [1.807, 2.05) is 0 Å². The van der Waals surface area contributed by atoms with Crippen molar-refractivity contribution in [3.63, 3.8) is 0 Å². The van der Waals surface area contributed by atoms with Gasteiger partial charge in [0.05, 0.1) is 13.7 Å². The van der Waals surface area contributed by atoms with Gasteiger partial charge in [-0.05, 0) is 48.0 Å².